The molecule has 8 heteroatoms. The molecule has 0 atom stereocenters. The van der Waals surface area contributed by atoms with Crippen LogP contribution in [0, 0.1) is 0 Å². The molecule has 0 aliphatic carbocycles. The first-order chi connectivity index (χ1) is 16.5. The molecular weight excluding hydrogens is 450 g/mol. The fraction of sp³-hybridized carbons (Fsp3) is 0.192. The molecule has 1 aliphatic rings. The number of thiocarbonyl (C=S) groups is 1. The number of benzene rings is 3. The van der Waals surface area contributed by atoms with Gasteiger partial charge in [0.1, 0.15) is 18.7 Å². The molecule has 5 rings (SSSR count). The van der Waals surface area contributed by atoms with Crippen LogP contribution in [0.1, 0.15) is 35.7 Å². The van der Waals surface area contributed by atoms with E-state index in [0.29, 0.717) is 47.8 Å². The molecule has 0 spiro atoms. The molecule has 0 unspecified atom stereocenters. The quantitative estimate of drug-likeness (QED) is 0.378. The van der Waals surface area contributed by atoms with Crippen molar-refractivity contribution >= 4 is 40.0 Å². The van der Waals surface area contributed by atoms with Gasteiger partial charge in [0.25, 0.3) is 5.91 Å². The summed E-state index contributed by atoms with van der Waals surface area (Å²) in [5.41, 5.74) is 4.70. The molecule has 0 saturated carbocycles. The zero-order chi connectivity index (χ0) is 23.7. The maximum absolute atomic E-state index is 12.6. The Balaban J connectivity index is 1.29. The highest BCUT2D eigenvalue weighted by atomic mass is 32.1. The summed E-state index contributed by atoms with van der Waals surface area (Å²) in [4.78, 5) is 17.3. The van der Waals surface area contributed by atoms with Crippen LogP contribution in [0.3, 0.4) is 0 Å². The van der Waals surface area contributed by atoms with Gasteiger partial charge in [-0.05, 0) is 72.2 Å². The van der Waals surface area contributed by atoms with Crippen LogP contribution in [0.5, 0.6) is 11.5 Å². The molecule has 1 aromatic heterocycles. The van der Waals surface area contributed by atoms with Crippen molar-refractivity contribution in [2.45, 2.75) is 19.8 Å². The number of amides is 1. The number of nitrogens with zero attached hydrogens (tertiary/aromatic N) is 1. The Bertz CT molecular complexity index is 1400. The predicted molar refractivity (Wildman–Crippen MR) is 135 cm³/mol. The number of fused-ring (bicyclic) bond motifs is 2. The molecule has 0 fully saturated rings. The van der Waals surface area contributed by atoms with Gasteiger partial charge in [-0.25, -0.2) is 4.98 Å². The number of carbonyl (C=O) groups excluding carboxylic acids is 1. The van der Waals surface area contributed by atoms with Crippen molar-refractivity contribution in [2.24, 2.45) is 0 Å². The summed E-state index contributed by atoms with van der Waals surface area (Å²) >= 11 is 5.35. The summed E-state index contributed by atoms with van der Waals surface area (Å²) in [5, 5.41) is 5.92. The molecule has 172 valence electrons. The first-order valence-electron chi connectivity index (χ1n) is 11.0. The maximum atomic E-state index is 12.6. The number of oxazole rings is 1. The Labute approximate surface area is 202 Å². The number of nitrogens with one attached hydrogen (secondary N) is 2. The lowest BCUT2D eigenvalue weighted by Gasteiger charge is -2.18. The Morgan fingerprint density at radius 1 is 1.00 bits per heavy atom. The van der Waals surface area contributed by atoms with E-state index >= 15 is 0 Å². The van der Waals surface area contributed by atoms with Gasteiger partial charge in [-0.3, -0.25) is 10.1 Å². The largest absolute Gasteiger partial charge is 0.486 e. The molecule has 34 heavy (non-hydrogen) atoms. The van der Waals surface area contributed by atoms with Crippen LogP contribution in [-0.2, 0) is 0 Å². The van der Waals surface area contributed by atoms with E-state index in [2.05, 4.69) is 41.6 Å². The minimum atomic E-state index is -0.342. The van der Waals surface area contributed by atoms with Crippen molar-refractivity contribution in [3.05, 3.63) is 71.8 Å². The summed E-state index contributed by atoms with van der Waals surface area (Å²) in [5.74, 6) is 1.76. The van der Waals surface area contributed by atoms with E-state index in [4.69, 9.17) is 26.1 Å². The zero-order valence-corrected chi connectivity index (χ0v) is 19.6. The highest BCUT2D eigenvalue weighted by Crippen LogP contribution is 2.31. The van der Waals surface area contributed by atoms with E-state index in [9.17, 15) is 4.79 Å². The third-order valence-corrected chi connectivity index (χ3v) is 5.68. The van der Waals surface area contributed by atoms with Crippen molar-refractivity contribution < 1.29 is 18.7 Å². The van der Waals surface area contributed by atoms with E-state index in [0.717, 1.165) is 16.7 Å². The number of carbonyl (C=O) groups is 1. The van der Waals surface area contributed by atoms with Crippen molar-refractivity contribution in [3.63, 3.8) is 0 Å². The minimum Gasteiger partial charge on any atom is -0.486 e. The van der Waals surface area contributed by atoms with Gasteiger partial charge in [0, 0.05) is 16.8 Å². The predicted octanol–water partition coefficient (Wildman–Crippen LogP) is 5.52. The third kappa shape index (κ3) is 4.58. The fourth-order valence-electron chi connectivity index (χ4n) is 3.68. The molecule has 1 amide bonds. The summed E-state index contributed by atoms with van der Waals surface area (Å²) in [6.07, 6.45) is 0. The highest BCUT2D eigenvalue weighted by Gasteiger charge is 2.16. The van der Waals surface area contributed by atoms with Crippen LogP contribution in [0.15, 0.2) is 65.1 Å². The monoisotopic (exact) mass is 473 g/mol. The van der Waals surface area contributed by atoms with Gasteiger partial charge < -0.3 is 19.2 Å². The van der Waals surface area contributed by atoms with Crippen molar-refractivity contribution in [2.75, 3.05) is 18.5 Å². The lowest BCUT2D eigenvalue weighted by Crippen LogP contribution is -2.34. The lowest BCUT2D eigenvalue weighted by molar-refractivity contribution is 0.0976. The lowest BCUT2D eigenvalue weighted by atomic mass is 10.0. The van der Waals surface area contributed by atoms with E-state index < -0.39 is 0 Å². The van der Waals surface area contributed by atoms with Crippen molar-refractivity contribution in [1.29, 1.82) is 0 Å². The van der Waals surface area contributed by atoms with E-state index in [1.165, 1.54) is 5.56 Å². The van der Waals surface area contributed by atoms with Crippen molar-refractivity contribution in [1.82, 2.24) is 10.3 Å². The highest BCUT2D eigenvalue weighted by molar-refractivity contribution is 7.80. The van der Waals surface area contributed by atoms with Gasteiger partial charge in [0.05, 0.1) is 0 Å². The van der Waals surface area contributed by atoms with Crippen LogP contribution in [0.25, 0.3) is 22.6 Å². The molecular formula is C26H23N3O4S. The van der Waals surface area contributed by atoms with Gasteiger partial charge in [0.15, 0.2) is 22.2 Å². The van der Waals surface area contributed by atoms with Crippen LogP contribution in [-0.4, -0.2) is 29.2 Å². The maximum Gasteiger partial charge on any atom is 0.257 e. The average Bonchev–Trinajstić information content (AvgIpc) is 3.27. The van der Waals surface area contributed by atoms with Gasteiger partial charge in [-0.15, -0.1) is 0 Å². The molecule has 2 N–H and O–H groups in total. The zero-order valence-electron chi connectivity index (χ0n) is 18.8. The smallest absolute Gasteiger partial charge is 0.257 e. The minimum absolute atomic E-state index is 0.177. The molecule has 0 radical (unpaired) electrons. The SMILES string of the molecule is CC(C)c1ccc2oc(-c3cccc(NC(=S)NC(=O)c4ccc5c(c4)OCCO5)c3)nc2c1. The molecule has 2 heterocycles. The third-order valence-electron chi connectivity index (χ3n) is 5.48. The molecule has 4 aromatic rings. The summed E-state index contributed by atoms with van der Waals surface area (Å²) < 4.78 is 17.0. The topological polar surface area (TPSA) is 85.6 Å². The summed E-state index contributed by atoms with van der Waals surface area (Å²) in [6, 6.07) is 18.6. The van der Waals surface area contributed by atoms with Crippen LogP contribution >= 0.6 is 12.2 Å². The average molecular weight is 474 g/mol. The van der Waals surface area contributed by atoms with E-state index in [1.54, 1.807) is 18.2 Å². The second kappa shape index (κ2) is 9.15. The van der Waals surface area contributed by atoms with Gasteiger partial charge in [0.2, 0.25) is 5.89 Å². The van der Waals surface area contributed by atoms with E-state index in [-0.39, 0.29) is 11.0 Å². The Morgan fingerprint density at radius 2 is 1.82 bits per heavy atom. The molecule has 7 nitrogen and oxygen atoms in total. The molecule has 1 aliphatic heterocycles. The summed E-state index contributed by atoms with van der Waals surface area (Å²) in [6.45, 7) is 5.24. The Hall–Kier alpha value is -3.91. The number of hydrogen-bond acceptors (Lipinski definition) is 6. The van der Waals surface area contributed by atoms with Crippen molar-refractivity contribution in [3.8, 4) is 23.0 Å². The Kier molecular flexibility index (Phi) is 5.90. The Morgan fingerprint density at radius 3 is 2.65 bits per heavy atom. The van der Waals surface area contributed by atoms with Crippen LogP contribution < -0.4 is 20.1 Å². The number of hydrogen-bond donors (Lipinski definition) is 2. The van der Waals surface area contributed by atoms with Crippen LogP contribution in [0.4, 0.5) is 5.69 Å². The van der Waals surface area contributed by atoms with Gasteiger partial charge in [-0.1, -0.05) is 26.0 Å². The normalized spacial score (nSPS) is 12.6. The second-order valence-electron chi connectivity index (χ2n) is 8.25. The first kappa shape index (κ1) is 21.9. The fourth-order valence-corrected chi connectivity index (χ4v) is 3.89. The van der Waals surface area contributed by atoms with Crippen LogP contribution in [0.2, 0.25) is 0 Å². The van der Waals surface area contributed by atoms with Gasteiger partial charge in [-0.2, -0.15) is 0 Å². The van der Waals surface area contributed by atoms with E-state index in [1.807, 2.05) is 30.3 Å². The summed E-state index contributed by atoms with van der Waals surface area (Å²) in [7, 11) is 0. The van der Waals surface area contributed by atoms with Gasteiger partial charge >= 0.3 is 0 Å². The second-order valence-corrected chi connectivity index (χ2v) is 8.66. The molecule has 3 aromatic carbocycles. The molecule has 0 saturated heterocycles. The standard InChI is InChI=1S/C26H23N3O4S/c1-15(2)16-6-8-21-20(13-16)28-25(33-21)18-4-3-5-19(12-18)27-26(34)29-24(30)17-7-9-22-23(14-17)32-11-10-31-22/h3-9,12-15H,10-11H2,1-2H3,(H2,27,29,30,34). The first-order valence-corrected chi connectivity index (χ1v) is 11.4. The number of rotatable bonds is 4. The molecule has 0 bridgehead atoms. The number of anilines is 1. The number of aromatic nitrogens is 1. The number of ether oxygens (including phenoxy) is 2.